The number of anilines is 1. The van der Waals surface area contributed by atoms with Crippen LogP contribution in [0.4, 0.5) is 23.4 Å². The molecule has 1 aromatic carbocycles. The number of nitrogen functional groups attached to an aromatic ring is 1. The first kappa shape index (κ1) is 10.6. The summed E-state index contributed by atoms with van der Waals surface area (Å²) in [7, 11) is 0. The fourth-order valence-electron chi connectivity index (χ4n) is 1.25. The molecule has 7 heteroatoms. The first-order valence-corrected chi connectivity index (χ1v) is 4.18. The second kappa shape index (κ2) is 3.29. The van der Waals surface area contributed by atoms with Crippen LogP contribution in [0.15, 0.2) is 18.2 Å². The summed E-state index contributed by atoms with van der Waals surface area (Å²) in [6.45, 7) is 0. The molecule has 1 aromatic heterocycles. The number of nitrogens with two attached hydrogens (primary N) is 1. The van der Waals surface area contributed by atoms with Gasteiger partial charge in [0.25, 0.3) is 0 Å². The number of hydrogen-bond acceptors (Lipinski definition) is 3. The van der Waals surface area contributed by atoms with Gasteiger partial charge in [-0.05, 0) is 18.2 Å². The molecule has 0 unspecified atom stereocenters. The highest BCUT2D eigenvalue weighted by molar-refractivity contribution is 5.87. The van der Waals surface area contributed by atoms with E-state index in [0.29, 0.717) is 0 Å². The van der Waals surface area contributed by atoms with Crippen LogP contribution in [0.25, 0.3) is 10.9 Å². The fourth-order valence-corrected chi connectivity index (χ4v) is 1.25. The number of alkyl halides is 3. The summed E-state index contributed by atoms with van der Waals surface area (Å²) in [5.41, 5.74) is 5.26. The molecule has 1 heterocycles. The van der Waals surface area contributed by atoms with Gasteiger partial charge in [-0.3, -0.25) is 0 Å². The van der Waals surface area contributed by atoms with Crippen molar-refractivity contribution >= 4 is 16.7 Å². The van der Waals surface area contributed by atoms with Crippen LogP contribution in [-0.2, 0) is 6.18 Å². The molecule has 0 radical (unpaired) electrons. The second-order valence-corrected chi connectivity index (χ2v) is 3.09. The summed E-state index contributed by atoms with van der Waals surface area (Å²) in [5, 5.41) is 0.0630. The number of rotatable bonds is 0. The summed E-state index contributed by atoms with van der Waals surface area (Å²) in [4.78, 5) is 6.35. The first-order valence-electron chi connectivity index (χ1n) is 4.18. The highest BCUT2D eigenvalue weighted by Gasteiger charge is 2.35. The molecule has 84 valence electrons. The number of nitrogens with zero attached hydrogens (tertiary/aromatic N) is 2. The smallest absolute Gasteiger partial charge is 0.383 e. The van der Waals surface area contributed by atoms with Crippen molar-refractivity contribution in [2.75, 3.05) is 5.73 Å². The Bertz CT molecular complexity index is 550. The lowest BCUT2D eigenvalue weighted by Gasteiger charge is -2.07. The zero-order valence-electron chi connectivity index (χ0n) is 7.72. The van der Waals surface area contributed by atoms with Gasteiger partial charge in [-0.1, -0.05) is 0 Å². The monoisotopic (exact) mass is 231 g/mol. The highest BCUT2D eigenvalue weighted by Crippen LogP contribution is 2.29. The molecule has 2 N–H and O–H groups in total. The molecule has 0 aliphatic rings. The SMILES string of the molecule is Nc1nc(C(F)(F)F)nc2ccc(F)cc12. The van der Waals surface area contributed by atoms with E-state index in [1.54, 1.807) is 0 Å². The predicted octanol–water partition coefficient (Wildman–Crippen LogP) is 2.37. The minimum absolute atomic E-state index is 0.0405. The van der Waals surface area contributed by atoms with Crippen molar-refractivity contribution in [3.8, 4) is 0 Å². The quantitative estimate of drug-likeness (QED) is 0.708. The maximum absolute atomic E-state index is 12.8. The molecular weight excluding hydrogens is 226 g/mol. The third-order valence-corrected chi connectivity index (χ3v) is 1.94. The van der Waals surface area contributed by atoms with E-state index < -0.39 is 23.6 Å². The topological polar surface area (TPSA) is 51.8 Å². The molecule has 0 saturated heterocycles. The van der Waals surface area contributed by atoms with Gasteiger partial charge in [0.2, 0.25) is 5.82 Å². The molecule has 0 amide bonds. The van der Waals surface area contributed by atoms with Gasteiger partial charge in [-0.15, -0.1) is 0 Å². The molecule has 3 nitrogen and oxygen atoms in total. The van der Waals surface area contributed by atoms with E-state index in [1.165, 1.54) is 0 Å². The van der Waals surface area contributed by atoms with Crippen LogP contribution in [0.3, 0.4) is 0 Å². The molecule has 2 rings (SSSR count). The average Bonchev–Trinajstić information content (AvgIpc) is 2.17. The van der Waals surface area contributed by atoms with Gasteiger partial charge in [0.15, 0.2) is 0 Å². The van der Waals surface area contributed by atoms with Crippen molar-refractivity contribution in [1.29, 1.82) is 0 Å². The standard InChI is InChI=1S/C9H5F4N3/c10-4-1-2-6-5(3-4)7(14)16-8(15-6)9(11,12)13/h1-3H,(H2,14,15,16). The van der Waals surface area contributed by atoms with E-state index in [2.05, 4.69) is 9.97 Å². The van der Waals surface area contributed by atoms with E-state index in [-0.39, 0.29) is 10.9 Å². The maximum atomic E-state index is 12.8. The normalized spacial score (nSPS) is 12.0. The molecule has 0 saturated carbocycles. The zero-order valence-corrected chi connectivity index (χ0v) is 7.72. The highest BCUT2D eigenvalue weighted by atomic mass is 19.4. The van der Waals surface area contributed by atoms with Crippen molar-refractivity contribution < 1.29 is 17.6 Å². The first-order chi connectivity index (χ1) is 7.38. The molecule has 0 fully saturated rings. The lowest BCUT2D eigenvalue weighted by molar-refractivity contribution is -0.144. The summed E-state index contributed by atoms with van der Waals surface area (Å²) < 4.78 is 49.8. The Morgan fingerprint density at radius 1 is 1.12 bits per heavy atom. The summed E-state index contributed by atoms with van der Waals surface area (Å²) >= 11 is 0. The molecule has 0 atom stereocenters. The molecule has 0 aliphatic heterocycles. The number of benzene rings is 1. The number of hydrogen-bond donors (Lipinski definition) is 1. The van der Waals surface area contributed by atoms with E-state index in [9.17, 15) is 17.6 Å². The fraction of sp³-hybridized carbons (Fsp3) is 0.111. The van der Waals surface area contributed by atoms with Crippen LogP contribution in [0.2, 0.25) is 0 Å². The third-order valence-electron chi connectivity index (χ3n) is 1.94. The van der Waals surface area contributed by atoms with E-state index in [0.717, 1.165) is 18.2 Å². The summed E-state index contributed by atoms with van der Waals surface area (Å²) in [6.07, 6.45) is -4.67. The predicted molar refractivity (Wildman–Crippen MR) is 48.9 cm³/mol. The van der Waals surface area contributed by atoms with E-state index >= 15 is 0 Å². The summed E-state index contributed by atoms with van der Waals surface area (Å²) in [6, 6.07) is 3.12. The molecule has 0 spiro atoms. The van der Waals surface area contributed by atoms with Crippen LogP contribution in [0.5, 0.6) is 0 Å². The largest absolute Gasteiger partial charge is 0.451 e. The Morgan fingerprint density at radius 2 is 1.81 bits per heavy atom. The third kappa shape index (κ3) is 1.75. The van der Waals surface area contributed by atoms with Gasteiger partial charge in [0, 0.05) is 5.39 Å². The molecule has 2 aromatic rings. The zero-order chi connectivity index (χ0) is 11.9. The van der Waals surface area contributed by atoms with Gasteiger partial charge < -0.3 is 5.73 Å². The van der Waals surface area contributed by atoms with Crippen molar-refractivity contribution in [1.82, 2.24) is 9.97 Å². The van der Waals surface area contributed by atoms with Crippen LogP contribution in [0.1, 0.15) is 5.82 Å². The minimum atomic E-state index is -4.67. The Kier molecular flexibility index (Phi) is 2.18. The van der Waals surface area contributed by atoms with Crippen LogP contribution in [-0.4, -0.2) is 9.97 Å². The average molecular weight is 231 g/mol. The second-order valence-electron chi connectivity index (χ2n) is 3.09. The van der Waals surface area contributed by atoms with E-state index in [1.807, 2.05) is 0 Å². The van der Waals surface area contributed by atoms with Gasteiger partial charge in [-0.2, -0.15) is 13.2 Å². The lowest BCUT2D eigenvalue weighted by Crippen LogP contribution is -2.12. The van der Waals surface area contributed by atoms with Gasteiger partial charge in [-0.25, -0.2) is 14.4 Å². The van der Waals surface area contributed by atoms with Gasteiger partial charge in [0.1, 0.15) is 11.6 Å². The number of halogens is 4. The van der Waals surface area contributed by atoms with Crippen molar-refractivity contribution in [3.05, 3.63) is 29.8 Å². The Labute approximate surface area is 86.9 Å². The minimum Gasteiger partial charge on any atom is -0.383 e. The van der Waals surface area contributed by atoms with Crippen molar-refractivity contribution in [3.63, 3.8) is 0 Å². The molecule has 0 aliphatic carbocycles. The van der Waals surface area contributed by atoms with Crippen LogP contribution >= 0.6 is 0 Å². The maximum Gasteiger partial charge on any atom is 0.451 e. The van der Waals surface area contributed by atoms with Crippen molar-refractivity contribution in [2.45, 2.75) is 6.18 Å². The molecular formula is C9H5F4N3. The number of fused-ring (bicyclic) bond motifs is 1. The Hall–Kier alpha value is -1.92. The van der Waals surface area contributed by atoms with Crippen LogP contribution < -0.4 is 5.73 Å². The lowest BCUT2D eigenvalue weighted by atomic mass is 10.2. The summed E-state index contributed by atoms with van der Waals surface area (Å²) in [5.74, 6) is -2.33. The van der Waals surface area contributed by atoms with E-state index in [4.69, 9.17) is 5.73 Å². The molecule has 0 bridgehead atoms. The van der Waals surface area contributed by atoms with Gasteiger partial charge >= 0.3 is 6.18 Å². The van der Waals surface area contributed by atoms with Gasteiger partial charge in [0.05, 0.1) is 5.52 Å². The van der Waals surface area contributed by atoms with Crippen molar-refractivity contribution in [2.24, 2.45) is 0 Å². The van der Waals surface area contributed by atoms with Crippen LogP contribution in [0, 0.1) is 5.82 Å². The Morgan fingerprint density at radius 3 is 2.44 bits per heavy atom. The molecule has 16 heavy (non-hydrogen) atoms. The Balaban J connectivity index is 2.74. The number of aromatic nitrogens is 2.